The smallest absolute Gasteiger partial charge is 0.213 e. The zero-order valence-electron chi connectivity index (χ0n) is 14.4. The van der Waals surface area contributed by atoms with Crippen molar-refractivity contribution in [2.45, 2.75) is 18.6 Å². The minimum absolute atomic E-state index is 0.111. The van der Waals surface area contributed by atoms with Crippen LogP contribution in [0.2, 0.25) is 0 Å². The van der Waals surface area contributed by atoms with Crippen molar-refractivity contribution < 1.29 is 12.8 Å². The van der Waals surface area contributed by atoms with E-state index in [0.717, 1.165) is 10.5 Å². The predicted molar refractivity (Wildman–Crippen MR) is 95.1 cm³/mol. The number of halogens is 1. The summed E-state index contributed by atoms with van der Waals surface area (Å²) in [7, 11) is -3.49. The van der Waals surface area contributed by atoms with Crippen molar-refractivity contribution in [1.29, 1.82) is 10.7 Å². The molecular formula is C15H17FN8O2S. The molecule has 0 aromatic carbocycles. The minimum atomic E-state index is -3.49. The van der Waals surface area contributed by atoms with E-state index in [1.54, 1.807) is 6.07 Å². The van der Waals surface area contributed by atoms with Crippen LogP contribution < -0.4 is 5.73 Å². The van der Waals surface area contributed by atoms with Crippen LogP contribution in [0.1, 0.15) is 12.5 Å². The summed E-state index contributed by atoms with van der Waals surface area (Å²) in [5.74, 6) is 0.00144. The van der Waals surface area contributed by atoms with E-state index in [0.29, 0.717) is 11.3 Å². The Morgan fingerprint density at radius 3 is 2.81 bits per heavy atom. The van der Waals surface area contributed by atoms with Gasteiger partial charge < -0.3 is 11.1 Å². The summed E-state index contributed by atoms with van der Waals surface area (Å²) in [4.78, 5) is 7.91. The van der Waals surface area contributed by atoms with Crippen LogP contribution in [0.5, 0.6) is 0 Å². The van der Waals surface area contributed by atoms with Gasteiger partial charge in [-0.15, -0.1) is 0 Å². The summed E-state index contributed by atoms with van der Waals surface area (Å²) in [6, 6.07) is 1.55. The summed E-state index contributed by atoms with van der Waals surface area (Å²) in [5.41, 5.74) is 5.40. The number of alkyl halides is 1. The number of hydrogen-bond donors (Lipinski definition) is 2. The van der Waals surface area contributed by atoms with Crippen LogP contribution in [0.25, 0.3) is 11.3 Å². The Morgan fingerprint density at radius 2 is 2.22 bits per heavy atom. The van der Waals surface area contributed by atoms with E-state index >= 15 is 0 Å². The molecule has 1 aliphatic heterocycles. The first-order chi connectivity index (χ1) is 12.8. The molecule has 1 aliphatic rings. The number of nitrogens with one attached hydrogen (secondary N) is 1. The lowest BCUT2D eigenvalue weighted by Crippen LogP contribution is -2.68. The van der Waals surface area contributed by atoms with Gasteiger partial charge in [-0.05, 0) is 6.92 Å². The fraction of sp³-hybridized carbons (Fsp3) is 0.400. The van der Waals surface area contributed by atoms with Crippen molar-refractivity contribution in [2.75, 3.05) is 24.6 Å². The van der Waals surface area contributed by atoms with Gasteiger partial charge in [0.15, 0.2) is 0 Å². The molecule has 3 rings (SSSR count). The second-order valence-electron chi connectivity index (χ2n) is 6.10. The van der Waals surface area contributed by atoms with Gasteiger partial charge in [0.1, 0.15) is 23.8 Å². The van der Waals surface area contributed by atoms with Gasteiger partial charge in [0, 0.05) is 31.1 Å². The molecule has 3 N–H and O–H groups in total. The molecule has 0 spiro atoms. The van der Waals surface area contributed by atoms with Crippen LogP contribution in [0.4, 0.5) is 10.2 Å². The molecule has 0 amide bonds. The van der Waals surface area contributed by atoms with Gasteiger partial charge in [-0.1, -0.05) is 0 Å². The SMILES string of the molecule is CCS(=O)(=O)N1CC(C(F)C#N)(n2cc(-c3ncnc(N)c3C=N)cn2)C1. The number of nitrogens with zero attached hydrogens (tertiary/aromatic N) is 6. The summed E-state index contributed by atoms with van der Waals surface area (Å²) >= 11 is 0. The molecule has 1 saturated heterocycles. The number of hydrogen-bond acceptors (Lipinski definition) is 8. The van der Waals surface area contributed by atoms with Crippen LogP contribution in [-0.4, -0.2) is 63.7 Å². The molecule has 0 radical (unpaired) electrons. The van der Waals surface area contributed by atoms with E-state index in [2.05, 4.69) is 15.1 Å². The van der Waals surface area contributed by atoms with Crippen LogP contribution in [0.3, 0.4) is 0 Å². The Bertz CT molecular complexity index is 1020. The van der Waals surface area contributed by atoms with Gasteiger partial charge in [0.05, 0.1) is 23.2 Å². The van der Waals surface area contributed by atoms with Crippen LogP contribution in [0.15, 0.2) is 18.7 Å². The molecule has 1 unspecified atom stereocenters. The lowest BCUT2D eigenvalue weighted by molar-refractivity contribution is 0.0129. The number of anilines is 1. The number of nitrogen functional groups attached to an aromatic ring is 1. The molecular weight excluding hydrogens is 375 g/mol. The van der Waals surface area contributed by atoms with Crippen molar-refractivity contribution >= 4 is 22.1 Å². The van der Waals surface area contributed by atoms with Gasteiger partial charge in [-0.25, -0.2) is 22.8 Å². The van der Waals surface area contributed by atoms with E-state index in [9.17, 15) is 12.8 Å². The maximum atomic E-state index is 14.5. The first-order valence-electron chi connectivity index (χ1n) is 7.97. The van der Waals surface area contributed by atoms with Crippen molar-refractivity contribution in [3.8, 4) is 17.3 Å². The Morgan fingerprint density at radius 1 is 1.52 bits per heavy atom. The highest BCUT2D eigenvalue weighted by molar-refractivity contribution is 7.89. The Balaban J connectivity index is 2.00. The standard InChI is InChI=1S/C15H17FN8O2S/c1-2-27(25,26)23-7-15(8-23,12(16)4-18)24-6-10(5-22-24)13-11(3-17)14(19)21-9-20-13/h3,5-6,9,12,17H,2,7-8H2,1H3,(H2,19,20,21). The minimum Gasteiger partial charge on any atom is -0.383 e. The van der Waals surface area contributed by atoms with Crippen molar-refractivity contribution in [3.05, 3.63) is 24.3 Å². The molecule has 142 valence electrons. The molecule has 1 fully saturated rings. The number of nitriles is 1. The fourth-order valence-corrected chi connectivity index (χ4v) is 4.16. The van der Waals surface area contributed by atoms with Crippen LogP contribution in [0, 0.1) is 16.7 Å². The maximum absolute atomic E-state index is 14.5. The Hall–Kier alpha value is -2.91. The Labute approximate surface area is 155 Å². The van der Waals surface area contributed by atoms with E-state index in [4.69, 9.17) is 16.4 Å². The van der Waals surface area contributed by atoms with Crippen molar-refractivity contribution in [2.24, 2.45) is 0 Å². The third-order valence-corrected chi connectivity index (χ3v) is 6.39. The first kappa shape index (κ1) is 18.9. The lowest BCUT2D eigenvalue weighted by Gasteiger charge is -2.48. The molecule has 10 nitrogen and oxygen atoms in total. The molecule has 0 saturated carbocycles. The molecule has 0 aliphatic carbocycles. The third-order valence-electron chi connectivity index (χ3n) is 4.61. The summed E-state index contributed by atoms with van der Waals surface area (Å²) in [5, 5.41) is 20.7. The van der Waals surface area contributed by atoms with Gasteiger partial charge >= 0.3 is 0 Å². The van der Waals surface area contributed by atoms with Gasteiger partial charge in [0.2, 0.25) is 16.2 Å². The van der Waals surface area contributed by atoms with E-state index in [1.807, 2.05) is 0 Å². The number of rotatable bonds is 6. The maximum Gasteiger partial charge on any atom is 0.213 e. The quantitative estimate of drug-likeness (QED) is 0.663. The molecule has 12 heteroatoms. The second-order valence-corrected chi connectivity index (χ2v) is 8.36. The number of aromatic nitrogens is 4. The third kappa shape index (κ3) is 2.94. The molecule has 0 bridgehead atoms. The second kappa shape index (κ2) is 6.67. The highest BCUT2D eigenvalue weighted by Crippen LogP contribution is 2.37. The van der Waals surface area contributed by atoms with Crippen molar-refractivity contribution in [3.63, 3.8) is 0 Å². The van der Waals surface area contributed by atoms with E-state index in [1.165, 1.54) is 30.3 Å². The van der Waals surface area contributed by atoms with Gasteiger partial charge in [-0.3, -0.25) is 4.68 Å². The molecule has 2 aromatic heterocycles. The van der Waals surface area contributed by atoms with E-state index < -0.39 is 21.7 Å². The zero-order chi connectivity index (χ0) is 19.8. The Kier molecular flexibility index (Phi) is 4.66. The fourth-order valence-electron chi connectivity index (χ4n) is 2.96. The zero-order valence-corrected chi connectivity index (χ0v) is 15.2. The normalized spacial score (nSPS) is 17.7. The first-order valence-corrected chi connectivity index (χ1v) is 9.58. The average Bonchev–Trinajstić information content (AvgIpc) is 3.10. The molecule has 2 aromatic rings. The van der Waals surface area contributed by atoms with Crippen LogP contribution in [-0.2, 0) is 15.6 Å². The highest BCUT2D eigenvalue weighted by Gasteiger charge is 2.55. The topological polar surface area (TPSA) is 155 Å². The van der Waals surface area contributed by atoms with Crippen molar-refractivity contribution in [1.82, 2.24) is 24.1 Å². The number of sulfonamides is 1. The highest BCUT2D eigenvalue weighted by atomic mass is 32.2. The largest absolute Gasteiger partial charge is 0.383 e. The molecule has 1 atom stereocenters. The monoisotopic (exact) mass is 392 g/mol. The molecule has 27 heavy (non-hydrogen) atoms. The van der Waals surface area contributed by atoms with E-state index in [-0.39, 0.29) is 30.2 Å². The van der Waals surface area contributed by atoms with Crippen LogP contribution >= 0.6 is 0 Å². The summed E-state index contributed by atoms with van der Waals surface area (Å²) in [6.07, 6.45) is 3.15. The number of nitrogens with two attached hydrogens (primary N) is 1. The molecule has 3 heterocycles. The van der Waals surface area contributed by atoms with Gasteiger partial charge in [-0.2, -0.15) is 14.7 Å². The lowest BCUT2D eigenvalue weighted by atomic mass is 9.87. The summed E-state index contributed by atoms with van der Waals surface area (Å²) in [6.45, 7) is 1.11. The summed E-state index contributed by atoms with van der Waals surface area (Å²) < 4.78 is 40.9. The predicted octanol–water partition coefficient (Wildman–Crippen LogP) is 0.142. The van der Waals surface area contributed by atoms with Gasteiger partial charge in [0.25, 0.3) is 0 Å². The average molecular weight is 392 g/mol.